The number of amides is 2. The predicted octanol–water partition coefficient (Wildman–Crippen LogP) is 5.44. The summed E-state index contributed by atoms with van der Waals surface area (Å²) in [7, 11) is 3.82. The lowest BCUT2D eigenvalue weighted by atomic mass is 10.0. The molecule has 29 heavy (non-hydrogen) atoms. The van der Waals surface area contributed by atoms with Gasteiger partial charge in [0.25, 0.3) is 0 Å². The molecule has 2 aromatic rings. The highest BCUT2D eigenvalue weighted by Gasteiger charge is 2.31. The molecule has 2 amide bonds. The monoisotopic (exact) mass is 393 g/mol. The van der Waals surface area contributed by atoms with E-state index < -0.39 is 0 Å². The van der Waals surface area contributed by atoms with E-state index in [9.17, 15) is 4.79 Å². The number of carbonyl (C=O) groups is 1. The average molecular weight is 394 g/mol. The highest BCUT2D eigenvalue weighted by molar-refractivity contribution is 5.93. The summed E-state index contributed by atoms with van der Waals surface area (Å²) in [6.07, 6.45) is 7.05. The van der Waals surface area contributed by atoms with Gasteiger partial charge in [0.05, 0.1) is 24.5 Å². The van der Waals surface area contributed by atoms with Gasteiger partial charge in [0, 0.05) is 19.6 Å². The van der Waals surface area contributed by atoms with Gasteiger partial charge in [-0.25, -0.2) is 4.79 Å². The van der Waals surface area contributed by atoms with Crippen molar-refractivity contribution in [3.05, 3.63) is 54.1 Å². The van der Waals surface area contributed by atoms with Crippen LogP contribution in [0.25, 0.3) is 0 Å². The molecule has 0 radical (unpaired) electrons. The van der Waals surface area contributed by atoms with E-state index in [1.807, 2.05) is 35.2 Å². The first-order chi connectivity index (χ1) is 14.2. The van der Waals surface area contributed by atoms with Crippen molar-refractivity contribution in [3.8, 4) is 5.75 Å². The molecule has 1 aliphatic carbocycles. The van der Waals surface area contributed by atoms with Crippen LogP contribution < -0.4 is 15.0 Å². The van der Waals surface area contributed by atoms with Crippen LogP contribution in [0.5, 0.6) is 5.75 Å². The molecule has 1 aliphatic heterocycles. The molecule has 0 aromatic heterocycles. The second-order valence-corrected chi connectivity index (χ2v) is 8.12. The zero-order chi connectivity index (χ0) is 20.2. The maximum atomic E-state index is 13.2. The van der Waals surface area contributed by atoms with E-state index in [0.717, 1.165) is 42.1 Å². The van der Waals surface area contributed by atoms with Crippen molar-refractivity contribution < 1.29 is 9.53 Å². The lowest BCUT2D eigenvalue weighted by Gasteiger charge is -2.30. The van der Waals surface area contributed by atoms with Gasteiger partial charge in [0.1, 0.15) is 5.75 Å². The van der Waals surface area contributed by atoms with Crippen LogP contribution in [0.4, 0.5) is 16.2 Å². The van der Waals surface area contributed by atoms with Crippen LogP contribution in [0.1, 0.15) is 50.1 Å². The van der Waals surface area contributed by atoms with Crippen molar-refractivity contribution >= 4 is 17.4 Å². The van der Waals surface area contributed by atoms with Crippen LogP contribution in [0.2, 0.25) is 0 Å². The van der Waals surface area contributed by atoms with Gasteiger partial charge >= 0.3 is 6.03 Å². The van der Waals surface area contributed by atoms with Crippen LogP contribution in [-0.4, -0.2) is 37.7 Å². The number of hydrogen-bond donors (Lipinski definition) is 1. The second kappa shape index (κ2) is 8.76. The minimum atomic E-state index is -0.0180. The number of para-hydroxylation sites is 2. The number of urea groups is 1. The third-order valence-corrected chi connectivity index (χ3v) is 6.41. The van der Waals surface area contributed by atoms with Gasteiger partial charge in [-0.05, 0) is 55.5 Å². The first-order valence-electron chi connectivity index (χ1n) is 10.7. The molecule has 1 N–H and O–H groups in total. The van der Waals surface area contributed by atoms with E-state index in [1.54, 1.807) is 7.11 Å². The molecule has 4 rings (SSSR count). The Kier molecular flexibility index (Phi) is 5.93. The Hall–Kier alpha value is -2.69. The number of anilines is 2. The SMILES string of the molecule is COc1ccc([C@H]2CCCN2C(=O)Nc2ccccc2N(C)C2CCCC2)cc1. The number of hydrogen-bond acceptors (Lipinski definition) is 3. The van der Waals surface area contributed by atoms with E-state index in [1.165, 1.54) is 25.7 Å². The third kappa shape index (κ3) is 4.19. The Bertz CT molecular complexity index is 830. The molecule has 2 aromatic carbocycles. The predicted molar refractivity (Wildman–Crippen MR) is 118 cm³/mol. The van der Waals surface area contributed by atoms with E-state index in [-0.39, 0.29) is 12.1 Å². The summed E-state index contributed by atoms with van der Waals surface area (Å²) >= 11 is 0. The summed E-state index contributed by atoms with van der Waals surface area (Å²) in [4.78, 5) is 17.5. The fraction of sp³-hybridized carbons (Fsp3) is 0.458. The fourth-order valence-electron chi connectivity index (χ4n) is 4.74. The minimum Gasteiger partial charge on any atom is -0.497 e. The van der Waals surface area contributed by atoms with E-state index in [0.29, 0.717) is 6.04 Å². The minimum absolute atomic E-state index is 0.0180. The normalized spacial score (nSPS) is 19.4. The molecule has 0 unspecified atom stereocenters. The lowest BCUT2D eigenvalue weighted by molar-refractivity contribution is 0.207. The van der Waals surface area contributed by atoms with Crippen molar-refractivity contribution in [2.75, 3.05) is 30.9 Å². The van der Waals surface area contributed by atoms with Gasteiger partial charge in [0.2, 0.25) is 0 Å². The number of nitrogens with zero attached hydrogens (tertiary/aromatic N) is 2. The lowest BCUT2D eigenvalue weighted by Crippen LogP contribution is -2.35. The molecular formula is C24H31N3O2. The molecule has 154 valence electrons. The molecule has 1 saturated carbocycles. The quantitative estimate of drug-likeness (QED) is 0.735. The summed E-state index contributed by atoms with van der Waals surface area (Å²) in [6.45, 7) is 0.781. The summed E-state index contributed by atoms with van der Waals surface area (Å²) in [5.74, 6) is 0.839. The summed E-state index contributed by atoms with van der Waals surface area (Å²) < 4.78 is 5.27. The van der Waals surface area contributed by atoms with E-state index >= 15 is 0 Å². The highest BCUT2D eigenvalue weighted by Crippen LogP contribution is 2.35. The maximum absolute atomic E-state index is 13.2. The second-order valence-electron chi connectivity index (χ2n) is 8.12. The third-order valence-electron chi connectivity index (χ3n) is 6.41. The number of carbonyl (C=O) groups excluding carboxylic acids is 1. The Morgan fingerprint density at radius 1 is 1.03 bits per heavy atom. The zero-order valence-corrected chi connectivity index (χ0v) is 17.4. The number of nitrogens with one attached hydrogen (secondary N) is 1. The van der Waals surface area contributed by atoms with Crippen molar-refractivity contribution in [1.82, 2.24) is 4.90 Å². The van der Waals surface area contributed by atoms with Gasteiger partial charge < -0.3 is 19.9 Å². The first kappa shape index (κ1) is 19.6. The first-order valence-corrected chi connectivity index (χ1v) is 10.7. The summed E-state index contributed by atoms with van der Waals surface area (Å²) in [6, 6.07) is 16.9. The zero-order valence-electron chi connectivity index (χ0n) is 17.4. The Labute approximate surface area is 173 Å². The Balaban J connectivity index is 1.50. The number of likely N-dealkylation sites (tertiary alicyclic amines) is 1. The van der Waals surface area contributed by atoms with Crippen LogP contribution in [-0.2, 0) is 0 Å². The molecule has 2 aliphatic rings. The van der Waals surface area contributed by atoms with Crippen molar-refractivity contribution in [2.24, 2.45) is 0 Å². The molecule has 5 heteroatoms. The van der Waals surface area contributed by atoms with E-state index in [4.69, 9.17) is 4.74 Å². The molecule has 0 spiro atoms. The van der Waals surface area contributed by atoms with Crippen molar-refractivity contribution in [2.45, 2.75) is 50.6 Å². The highest BCUT2D eigenvalue weighted by atomic mass is 16.5. The fourth-order valence-corrected chi connectivity index (χ4v) is 4.74. The van der Waals surface area contributed by atoms with Crippen molar-refractivity contribution in [1.29, 1.82) is 0 Å². The average Bonchev–Trinajstić information content (AvgIpc) is 3.46. The number of rotatable bonds is 5. The summed E-state index contributed by atoms with van der Waals surface area (Å²) in [5.41, 5.74) is 3.16. The van der Waals surface area contributed by atoms with Gasteiger partial charge in [-0.1, -0.05) is 37.1 Å². The molecule has 2 fully saturated rings. The number of benzene rings is 2. The van der Waals surface area contributed by atoms with Gasteiger partial charge in [-0.15, -0.1) is 0 Å². The van der Waals surface area contributed by atoms with Crippen LogP contribution in [0.3, 0.4) is 0 Å². The standard InChI is InChI=1S/C24H31N3O2/c1-26(19-8-3-4-9-19)23-11-6-5-10-21(23)25-24(28)27-17-7-12-22(27)18-13-15-20(29-2)16-14-18/h5-6,10-11,13-16,19,22H,3-4,7-9,12,17H2,1-2H3,(H,25,28)/t22-/m1/s1. The van der Waals surface area contributed by atoms with Crippen molar-refractivity contribution in [3.63, 3.8) is 0 Å². The molecule has 5 nitrogen and oxygen atoms in total. The van der Waals surface area contributed by atoms with Crippen LogP contribution in [0, 0.1) is 0 Å². The Morgan fingerprint density at radius 3 is 2.48 bits per heavy atom. The molecule has 1 saturated heterocycles. The Morgan fingerprint density at radius 2 is 1.76 bits per heavy atom. The smallest absolute Gasteiger partial charge is 0.322 e. The molecule has 0 bridgehead atoms. The molecular weight excluding hydrogens is 362 g/mol. The molecule has 1 atom stereocenters. The van der Waals surface area contributed by atoms with Gasteiger partial charge in [-0.2, -0.15) is 0 Å². The topological polar surface area (TPSA) is 44.8 Å². The largest absolute Gasteiger partial charge is 0.497 e. The van der Waals surface area contributed by atoms with Crippen LogP contribution in [0.15, 0.2) is 48.5 Å². The van der Waals surface area contributed by atoms with Crippen LogP contribution >= 0.6 is 0 Å². The van der Waals surface area contributed by atoms with Gasteiger partial charge in [-0.3, -0.25) is 0 Å². The van der Waals surface area contributed by atoms with Gasteiger partial charge in [0.15, 0.2) is 0 Å². The number of ether oxygens (including phenoxy) is 1. The number of methoxy groups -OCH3 is 1. The van der Waals surface area contributed by atoms with E-state index in [2.05, 4.69) is 35.5 Å². The summed E-state index contributed by atoms with van der Waals surface area (Å²) in [5, 5.41) is 3.20. The molecule has 1 heterocycles. The maximum Gasteiger partial charge on any atom is 0.322 e.